The average Bonchev–Trinajstić information content (AvgIpc) is 2.81. The molecule has 4 nitrogen and oxygen atoms in total. The fourth-order valence-electron chi connectivity index (χ4n) is 2.43. The van der Waals surface area contributed by atoms with Gasteiger partial charge >= 0.3 is 0 Å². The highest BCUT2D eigenvalue weighted by Crippen LogP contribution is 2.41. The molecule has 1 saturated carbocycles. The first-order valence-corrected chi connectivity index (χ1v) is 7.29. The Labute approximate surface area is 120 Å². The molecule has 0 atom stereocenters. The highest BCUT2D eigenvalue weighted by molar-refractivity contribution is 9.10. The number of nitrogens with two attached hydrogens (primary N) is 1. The van der Waals surface area contributed by atoms with E-state index in [9.17, 15) is 0 Å². The Morgan fingerprint density at radius 3 is 2.58 bits per heavy atom. The number of hydrogen-bond donors (Lipinski definition) is 1. The first kappa shape index (κ1) is 12.8. The highest BCUT2D eigenvalue weighted by atomic mass is 79.9. The lowest BCUT2D eigenvalue weighted by atomic mass is 9.69. The van der Waals surface area contributed by atoms with E-state index in [0.29, 0.717) is 18.9 Å². The van der Waals surface area contributed by atoms with Gasteiger partial charge in [-0.25, -0.2) is 0 Å². The van der Waals surface area contributed by atoms with Crippen LogP contribution in [0.5, 0.6) is 0 Å². The van der Waals surface area contributed by atoms with Gasteiger partial charge in [0.1, 0.15) is 0 Å². The molecule has 1 fully saturated rings. The van der Waals surface area contributed by atoms with E-state index in [1.165, 1.54) is 12.0 Å². The summed E-state index contributed by atoms with van der Waals surface area (Å²) in [6.45, 7) is 0.590. The van der Waals surface area contributed by atoms with Crippen molar-refractivity contribution < 1.29 is 4.52 Å². The van der Waals surface area contributed by atoms with Crippen molar-refractivity contribution in [3.05, 3.63) is 46.0 Å². The van der Waals surface area contributed by atoms with Crippen molar-refractivity contribution in [2.45, 2.75) is 31.1 Å². The molecule has 0 radical (unpaired) electrons. The zero-order chi connectivity index (χ0) is 13.3. The van der Waals surface area contributed by atoms with Crippen molar-refractivity contribution >= 4 is 15.9 Å². The molecule has 19 heavy (non-hydrogen) atoms. The van der Waals surface area contributed by atoms with Crippen LogP contribution in [0.25, 0.3) is 0 Å². The normalized spacial score (nSPS) is 17.2. The summed E-state index contributed by atoms with van der Waals surface area (Å²) in [6.07, 6.45) is 4.01. The lowest BCUT2D eigenvalue weighted by Gasteiger charge is -2.36. The van der Waals surface area contributed by atoms with Gasteiger partial charge in [-0.15, -0.1) is 0 Å². The minimum Gasteiger partial charge on any atom is -0.339 e. The van der Waals surface area contributed by atoms with Gasteiger partial charge in [0.05, 0.1) is 5.41 Å². The number of benzene rings is 1. The summed E-state index contributed by atoms with van der Waals surface area (Å²) in [5.41, 5.74) is 6.97. The van der Waals surface area contributed by atoms with E-state index in [-0.39, 0.29) is 5.41 Å². The highest BCUT2D eigenvalue weighted by Gasteiger charge is 2.42. The first-order chi connectivity index (χ1) is 9.22. The van der Waals surface area contributed by atoms with Crippen molar-refractivity contribution in [3.63, 3.8) is 0 Å². The van der Waals surface area contributed by atoms with Crippen LogP contribution in [0.4, 0.5) is 0 Å². The second-order valence-electron chi connectivity index (χ2n) is 5.16. The second kappa shape index (κ2) is 5.06. The third-order valence-electron chi connectivity index (χ3n) is 3.90. The van der Waals surface area contributed by atoms with Crippen LogP contribution >= 0.6 is 15.9 Å². The van der Waals surface area contributed by atoms with E-state index in [0.717, 1.165) is 23.1 Å². The van der Waals surface area contributed by atoms with Crippen LogP contribution < -0.4 is 5.73 Å². The second-order valence-corrected chi connectivity index (χ2v) is 6.07. The molecule has 1 aromatic heterocycles. The maximum atomic E-state index is 5.85. The van der Waals surface area contributed by atoms with E-state index in [1.807, 2.05) is 12.1 Å². The lowest BCUT2D eigenvalue weighted by Crippen LogP contribution is -2.41. The van der Waals surface area contributed by atoms with Crippen molar-refractivity contribution in [1.82, 2.24) is 10.1 Å². The molecule has 100 valence electrons. The minimum atomic E-state index is -0.0506. The van der Waals surface area contributed by atoms with Crippen LogP contribution in [-0.4, -0.2) is 16.7 Å². The van der Waals surface area contributed by atoms with Crippen LogP contribution in [0, 0.1) is 0 Å². The first-order valence-electron chi connectivity index (χ1n) is 6.49. The number of nitrogens with zero attached hydrogens (tertiary/aromatic N) is 2. The average molecular weight is 322 g/mol. The third-order valence-corrected chi connectivity index (χ3v) is 4.43. The lowest BCUT2D eigenvalue weighted by molar-refractivity contribution is 0.181. The quantitative estimate of drug-likeness (QED) is 0.940. The van der Waals surface area contributed by atoms with Crippen LogP contribution in [-0.2, 0) is 11.8 Å². The molecule has 5 heteroatoms. The van der Waals surface area contributed by atoms with E-state index in [1.54, 1.807) is 0 Å². The molecule has 2 N–H and O–H groups in total. The van der Waals surface area contributed by atoms with Gasteiger partial charge in [0.15, 0.2) is 5.82 Å². The summed E-state index contributed by atoms with van der Waals surface area (Å²) in [4.78, 5) is 4.52. The van der Waals surface area contributed by atoms with E-state index in [2.05, 4.69) is 38.2 Å². The van der Waals surface area contributed by atoms with Crippen molar-refractivity contribution in [2.24, 2.45) is 5.73 Å². The van der Waals surface area contributed by atoms with Gasteiger partial charge in [-0.1, -0.05) is 39.6 Å². The molecule has 0 spiro atoms. The van der Waals surface area contributed by atoms with Crippen LogP contribution in [0.15, 0.2) is 33.3 Å². The molecule has 2 aromatic rings. The number of hydrogen-bond acceptors (Lipinski definition) is 4. The van der Waals surface area contributed by atoms with Gasteiger partial charge in [0, 0.05) is 17.4 Å². The minimum absolute atomic E-state index is 0.0506. The molecule has 1 aliphatic rings. The Kier molecular flexibility index (Phi) is 3.41. The third kappa shape index (κ3) is 2.44. The fraction of sp³-hybridized carbons (Fsp3) is 0.429. The topological polar surface area (TPSA) is 64.9 Å². The molecule has 1 heterocycles. The van der Waals surface area contributed by atoms with Crippen molar-refractivity contribution in [3.8, 4) is 0 Å². The van der Waals surface area contributed by atoms with E-state index >= 15 is 0 Å². The Morgan fingerprint density at radius 2 is 2.00 bits per heavy atom. The number of aromatic nitrogens is 2. The Bertz CT molecular complexity index is 555. The standard InChI is InChI=1S/C14H16BrN3O/c15-11-4-2-10(3-5-11)8-12-17-13(19-18-12)14(9-16)6-1-7-14/h2-5H,1,6-9,16H2. The summed E-state index contributed by atoms with van der Waals surface area (Å²) < 4.78 is 6.48. The summed E-state index contributed by atoms with van der Waals surface area (Å²) in [5.74, 6) is 1.45. The summed E-state index contributed by atoms with van der Waals surface area (Å²) >= 11 is 3.42. The largest absolute Gasteiger partial charge is 0.339 e. The van der Waals surface area contributed by atoms with Gasteiger partial charge in [-0.05, 0) is 30.5 Å². The van der Waals surface area contributed by atoms with Gasteiger partial charge in [-0.2, -0.15) is 4.98 Å². The maximum Gasteiger partial charge on any atom is 0.234 e. The Balaban J connectivity index is 1.76. The van der Waals surface area contributed by atoms with Gasteiger partial charge in [-0.3, -0.25) is 0 Å². The zero-order valence-electron chi connectivity index (χ0n) is 10.6. The van der Waals surface area contributed by atoms with Gasteiger partial charge in [0.2, 0.25) is 5.89 Å². The SMILES string of the molecule is NCC1(c2nc(Cc3ccc(Br)cc3)no2)CCC1. The molecule has 3 rings (SSSR count). The molecular formula is C14H16BrN3O. The monoisotopic (exact) mass is 321 g/mol. The summed E-state index contributed by atoms with van der Waals surface area (Å²) in [5, 5.41) is 4.08. The summed E-state index contributed by atoms with van der Waals surface area (Å²) in [7, 11) is 0. The fourth-order valence-corrected chi connectivity index (χ4v) is 2.70. The Hall–Kier alpha value is -1.20. The number of halogens is 1. The number of rotatable bonds is 4. The van der Waals surface area contributed by atoms with Crippen molar-refractivity contribution in [1.29, 1.82) is 0 Å². The molecule has 0 bridgehead atoms. The van der Waals surface area contributed by atoms with Crippen LogP contribution in [0.2, 0.25) is 0 Å². The zero-order valence-corrected chi connectivity index (χ0v) is 12.2. The van der Waals surface area contributed by atoms with E-state index in [4.69, 9.17) is 10.3 Å². The van der Waals surface area contributed by atoms with Gasteiger partial charge < -0.3 is 10.3 Å². The Morgan fingerprint density at radius 1 is 1.26 bits per heavy atom. The van der Waals surface area contributed by atoms with Crippen LogP contribution in [0.1, 0.15) is 36.5 Å². The molecule has 1 aliphatic carbocycles. The molecule has 0 aliphatic heterocycles. The molecule has 0 unspecified atom stereocenters. The smallest absolute Gasteiger partial charge is 0.234 e. The van der Waals surface area contributed by atoms with Crippen molar-refractivity contribution in [2.75, 3.05) is 6.54 Å². The van der Waals surface area contributed by atoms with Gasteiger partial charge in [0.25, 0.3) is 0 Å². The van der Waals surface area contributed by atoms with E-state index < -0.39 is 0 Å². The summed E-state index contributed by atoms with van der Waals surface area (Å²) in [6, 6.07) is 8.15. The molecule has 1 aromatic carbocycles. The molecule has 0 saturated heterocycles. The maximum absolute atomic E-state index is 5.85. The predicted molar refractivity (Wildman–Crippen MR) is 75.8 cm³/mol. The molecule has 0 amide bonds. The molecular weight excluding hydrogens is 306 g/mol. The van der Waals surface area contributed by atoms with Crippen LogP contribution in [0.3, 0.4) is 0 Å². The predicted octanol–water partition coefficient (Wildman–Crippen LogP) is 2.80.